The second kappa shape index (κ2) is 7.36. The number of imidazole rings is 1. The maximum absolute atomic E-state index is 13.3. The summed E-state index contributed by atoms with van der Waals surface area (Å²) in [6.45, 7) is 8.06. The van der Waals surface area contributed by atoms with Gasteiger partial charge in [0.25, 0.3) is 0 Å². The number of hydrogen-bond donors (Lipinski definition) is 1. The topological polar surface area (TPSA) is 29.9 Å². The average molecular weight is 289 g/mol. The minimum Gasteiger partial charge on any atom is -0.335 e. The third-order valence-electron chi connectivity index (χ3n) is 3.71. The largest absolute Gasteiger partial charge is 0.335 e. The van der Waals surface area contributed by atoms with E-state index >= 15 is 0 Å². The molecule has 2 rings (SSSR count). The van der Waals surface area contributed by atoms with E-state index in [0.717, 1.165) is 42.9 Å². The van der Waals surface area contributed by atoms with Crippen molar-refractivity contribution in [2.45, 2.75) is 46.2 Å². The maximum atomic E-state index is 13.3. The summed E-state index contributed by atoms with van der Waals surface area (Å²) in [5.41, 5.74) is 2.12. The van der Waals surface area contributed by atoms with Gasteiger partial charge in [-0.2, -0.15) is 0 Å². The Hall–Kier alpha value is -1.68. The first kappa shape index (κ1) is 15.7. The highest BCUT2D eigenvalue weighted by Crippen LogP contribution is 2.22. The number of nitrogens with one attached hydrogen (secondary N) is 1. The van der Waals surface area contributed by atoms with Crippen LogP contribution < -0.4 is 5.32 Å². The fourth-order valence-electron chi connectivity index (χ4n) is 2.73. The van der Waals surface area contributed by atoms with Gasteiger partial charge in [0, 0.05) is 31.4 Å². The van der Waals surface area contributed by atoms with E-state index in [1.807, 2.05) is 25.4 Å². The van der Waals surface area contributed by atoms with Crippen molar-refractivity contribution in [2.24, 2.45) is 0 Å². The number of hydrogen-bond acceptors (Lipinski definition) is 2. The second-order valence-electron chi connectivity index (χ2n) is 5.35. The molecule has 4 heteroatoms. The van der Waals surface area contributed by atoms with Crippen LogP contribution in [0.2, 0.25) is 0 Å². The number of rotatable bonds is 7. The van der Waals surface area contributed by atoms with Crippen molar-refractivity contribution in [3.05, 3.63) is 53.4 Å². The van der Waals surface area contributed by atoms with Gasteiger partial charge >= 0.3 is 0 Å². The van der Waals surface area contributed by atoms with Gasteiger partial charge in [-0.1, -0.05) is 19.9 Å². The summed E-state index contributed by atoms with van der Waals surface area (Å²) in [6.07, 6.45) is 5.78. The van der Waals surface area contributed by atoms with E-state index in [1.165, 1.54) is 6.07 Å². The average Bonchev–Trinajstić information content (AvgIpc) is 2.86. The molecule has 0 aliphatic rings. The lowest BCUT2D eigenvalue weighted by molar-refractivity contribution is 0.513. The van der Waals surface area contributed by atoms with Crippen LogP contribution in [-0.4, -0.2) is 16.1 Å². The number of halogens is 1. The molecular formula is C17H24FN3. The van der Waals surface area contributed by atoms with Crippen LogP contribution in [0.4, 0.5) is 4.39 Å². The summed E-state index contributed by atoms with van der Waals surface area (Å²) in [7, 11) is 0. The molecule has 1 aromatic carbocycles. The molecule has 0 spiro atoms. The summed E-state index contributed by atoms with van der Waals surface area (Å²) in [5, 5.41) is 3.49. The fraction of sp³-hybridized carbons (Fsp3) is 0.471. The molecule has 0 amide bonds. The van der Waals surface area contributed by atoms with Gasteiger partial charge < -0.3 is 9.88 Å². The Morgan fingerprint density at radius 3 is 2.81 bits per heavy atom. The Bertz CT molecular complexity index is 577. The summed E-state index contributed by atoms with van der Waals surface area (Å²) < 4.78 is 15.5. The molecule has 0 saturated carbocycles. The lowest BCUT2D eigenvalue weighted by atomic mass is 9.98. The predicted octanol–water partition coefficient (Wildman–Crippen LogP) is 3.63. The van der Waals surface area contributed by atoms with Gasteiger partial charge in [0.05, 0.1) is 0 Å². The molecule has 0 bridgehead atoms. The monoisotopic (exact) mass is 289 g/mol. The van der Waals surface area contributed by atoms with Crippen LogP contribution in [0.1, 0.15) is 43.3 Å². The van der Waals surface area contributed by atoms with Gasteiger partial charge in [-0.25, -0.2) is 9.37 Å². The van der Waals surface area contributed by atoms with Crippen molar-refractivity contribution in [1.82, 2.24) is 14.9 Å². The smallest absolute Gasteiger partial charge is 0.123 e. The Balaban J connectivity index is 2.24. The Kier molecular flexibility index (Phi) is 5.51. The lowest BCUT2D eigenvalue weighted by Crippen LogP contribution is -2.25. The quantitative estimate of drug-likeness (QED) is 0.843. The number of nitrogens with zero attached hydrogens (tertiary/aromatic N) is 2. The molecule has 0 aliphatic carbocycles. The molecule has 1 unspecified atom stereocenters. The first-order valence-electron chi connectivity index (χ1n) is 7.65. The van der Waals surface area contributed by atoms with Crippen LogP contribution in [0.25, 0.3) is 0 Å². The van der Waals surface area contributed by atoms with Crippen LogP contribution in [0.3, 0.4) is 0 Å². The third-order valence-corrected chi connectivity index (χ3v) is 3.71. The Labute approximate surface area is 126 Å². The number of aromatic nitrogens is 2. The number of aryl methyl sites for hydroxylation is 2. The molecule has 1 heterocycles. The van der Waals surface area contributed by atoms with Crippen LogP contribution in [0.15, 0.2) is 30.6 Å². The van der Waals surface area contributed by atoms with E-state index in [-0.39, 0.29) is 11.9 Å². The molecule has 3 nitrogen and oxygen atoms in total. The standard InChI is InChI=1S/C17H24FN3/c1-4-9-21-10-8-20-17(21)12-16(19-5-2)15-7-6-14(18)11-13(15)3/h6-8,10-11,16,19H,4-5,9,12H2,1-3H3. The highest BCUT2D eigenvalue weighted by Gasteiger charge is 2.16. The zero-order chi connectivity index (χ0) is 15.2. The number of benzene rings is 1. The molecule has 0 aliphatic heterocycles. The maximum Gasteiger partial charge on any atom is 0.123 e. The Morgan fingerprint density at radius 1 is 1.33 bits per heavy atom. The van der Waals surface area contributed by atoms with Crippen molar-refractivity contribution in [1.29, 1.82) is 0 Å². The van der Waals surface area contributed by atoms with Crippen LogP contribution in [-0.2, 0) is 13.0 Å². The lowest BCUT2D eigenvalue weighted by Gasteiger charge is -2.21. The zero-order valence-corrected chi connectivity index (χ0v) is 13.1. The first-order valence-corrected chi connectivity index (χ1v) is 7.65. The molecule has 1 aromatic heterocycles. The molecule has 1 N–H and O–H groups in total. The fourth-order valence-corrected chi connectivity index (χ4v) is 2.73. The van der Waals surface area contributed by atoms with Crippen molar-refractivity contribution < 1.29 is 4.39 Å². The van der Waals surface area contributed by atoms with Gasteiger partial charge in [-0.05, 0) is 43.1 Å². The predicted molar refractivity (Wildman–Crippen MR) is 83.8 cm³/mol. The van der Waals surface area contributed by atoms with Gasteiger partial charge in [-0.3, -0.25) is 0 Å². The van der Waals surface area contributed by atoms with Crippen molar-refractivity contribution in [3.63, 3.8) is 0 Å². The van der Waals surface area contributed by atoms with Gasteiger partial charge in [0.2, 0.25) is 0 Å². The van der Waals surface area contributed by atoms with E-state index in [2.05, 4.69) is 28.7 Å². The Morgan fingerprint density at radius 2 is 2.14 bits per heavy atom. The summed E-state index contributed by atoms with van der Waals surface area (Å²) >= 11 is 0. The van der Waals surface area contributed by atoms with E-state index in [9.17, 15) is 4.39 Å². The van der Waals surface area contributed by atoms with Gasteiger partial charge in [-0.15, -0.1) is 0 Å². The van der Waals surface area contributed by atoms with Crippen molar-refractivity contribution in [2.75, 3.05) is 6.54 Å². The van der Waals surface area contributed by atoms with Crippen LogP contribution >= 0.6 is 0 Å². The van der Waals surface area contributed by atoms with Crippen molar-refractivity contribution in [3.8, 4) is 0 Å². The van der Waals surface area contributed by atoms with E-state index in [1.54, 1.807) is 6.07 Å². The number of likely N-dealkylation sites (N-methyl/N-ethyl adjacent to an activating group) is 1. The molecule has 0 radical (unpaired) electrons. The first-order chi connectivity index (χ1) is 10.2. The van der Waals surface area contributed by atoms with E-state index < -0.39 is 0 Å². The molecule has 1 atom stereocenters. The van der Waals surface area contributed by atoms with Gasteiger partial charge in [0.15, 0.2) is 0 Å². The molecule has 114 valence electrons. The van der Waals surface area contributed by atoms with Crippen molar-refractivity contribution >= 4 is 0 Å². The molecule has 0 fully saturated rings. The summed E-state index contributed by atoms with van der Waals surface area (Å²) in [5.74, 6) is 0.894. The molecular weight excluding hydrogens is 265 g/mol. The second-order valence-corrected chi connectivity index (χ2v) is 5.35. The molecule has 21 heavy (non-hydrogen) atoms. The summed E-state index contributed by atoms with van der Waals surface area (Å²) in [4.78, 5) is 4.48. The van der Waals surface area contributed by atoms with Crippen LogP contribution in [0.5, 0.6) is 0 Å². The normalized spacial score (nSPS) is 12.6. The summed E-state index contributed by atoms with van der Waals surface area (Å²) in [6, 6.07) is 5.17. The van der Waals surface area contributed by atoms with E-state index in [0.29, 0.717) is 0 Å². The van der Waals surface area contributed by atoms with E-state index in [4.69, 9.17) is 0 Å². The SMILES string of the molecule is CCCn1ccnc1CC(NCC)c1ccc(F)cc1C. The third kappa shape index (κ3) is 3.91. The van der Waals surface area contributed by atoms with Crippen LogP contribution in [0, 0.1) is 12.7 Å². The molecule has 2 aromatic rings. The zero-order valence-electron chi connectivity index (χ0n) is 13.1. The highest BCUT2D eigenvalue weighted by molar-refractivity contribution is 5.30. The molecule has 0 saturated heterocycles. The minimum atomic E-state index is -0.181. The highest BCUT2D eigenvalue weighted by atomic mass is 19.1. The minimum absolute atomic E-state index is 0.161. The van der Waals surface area contributed by atoms with Gasteiger partial charge in [0.1, 0.15) is 11.6 Å².